The van der Waals surface area contributed by atoms with E-state index < -0.39 is 12.6 Å². The van der Waals surface area contributed by atoms with Gasteiger partial charge in [0.25, 0.3) is 5.91 Å². The monoisotopic (exact) mass is 403 g/mol. The molecule has 0 saturated carbocycles. The summed E-state index contributed by atoms with van der Waals surface area (Å²) < 4.78 is 18.8. The van der Waals surface area contributed by atoms with Gasteiger partial charge in [-0.2, -0.15) is 5.26 Å². The Labute approximate surface area is 166 Å². The van der Waals surface area contributed by atoms with Gasteiger partial charge in [-0.25, -0.2) is 14.4 Å². The van der Waals surface area contributed by atoms with Crippen molar-refractivity contribution in [3.63, 3.8) is 0 Å². The van der Waals surface area contributed by atoms with Gasteiger partial charge in [0.1, 0.15) is 12.7 Å². The predicted molar refractivity (Wildman–Crippen MR) is 102 cm³/mol. The molecular formula is C19H19ClFN5O2. The number of hydrogen-bond donors (Lipinski definition) is 2. The van der Waals surface area contributed by atoms with E-state index in [0.29, 0.717) is 41.9 Å². The molecule has 1 aliphatic rings. The zero-order valence-electron chi connectivity index (χ0n) is 15.0. The van der Waals surface area contributed by atoms with E-state index in [4.69, 9.17) is 21.6 Å². The van der Waals surface area contributed by atoms with Crippen molar-refractivity contribution in [3.8, 4) is 6.07 Å². The Morgan fingerprint density at radius 1 is 1.39 bits per heavy atom. The van der Waals surface area contributed by atoms with Crippen molar-refractivity contribution in [2.45, 2.75) is 19.5 Å². The van der Waals surface area contributed by atoms with Crippen molar-refractivity contribution >= 4 is 29.1 Å². The minimum absolute atomic E-state index is 0.00329. The van der Waals surface area contributed by atoms with Crippen molar-refractivity contribution in [2.75, 3.05) is 25.1 Å². The third-order valence-corrected chi connectivity index (χ3v) is 4.80. The molecule has 28 heavy (non-hydrogen) atoms. The Hall–Kier alpha value is -2.76. The quantitative estimate of drug-likeness (QED) is 0.767. The molecule has 7 nitrogen and oxygen atoms in total. The van der Waals surface area contributed by atoms with Gasteiger partial charge < -0.3 is 15.4 Å². The summed E-state index contributed by atoms with van der Waals surface area (Å²) in [5.41, 5.74) is 0.925. The lowest BCUT2D eigenvalue weighted by Crippen LogP contribution is -2.32. The highest BCUT2D eigenvalue weighted by Gasteiger charge is 2.18. The first-order valence-electron chi connectivity index (χ1n) is 8.85. The number of benzene rings is 1. The Morgan fingerprint density at radius 3 is 2.89 bits per heavy atom. The van der Waals surface area contributed by atoms with E-state index in [2.05, 4.69) is 20.6 Å². The number of halogens is 2. The number of amides is 1. The number of hydrogen-bond acceptors (Lipinski definition) is 6. The van der Waals surface area contributed by atoms with Gasteiger partial charge in [-0.3, -0.25) is 4.79 Å². The standard InChI is InChI=1S/C19H19ClFN5O2/c20-16-2-1-14(7-13(16)9-22)25-19-24-11-15(17(8-21)26-19)18(27)23-10-12-3-5-28-6-4-12/h1-2,7,11-12H,3-6,8,10H2,(H,23,27)(H,24,25,26). The summed E-state index contributed by atoms with van der Waals surface area (Å²) in [6.07, 6.45) is 3.08. The second kappa shape index (κ2) is 9.44. The number of nitriles is 1. The molecule has 2 aromatic rings. The van der Waals surface area contributed by atoms with Crippen molar-refractivity contribution < 1.29 is 13.9 Å². The van der Waals surface area contributed by atoms with Gasteiger partial charge in [-0.15, -0.1) is 0 Å². The molecular weight excluding hydrogens is 385 g/mol. The normalized spacial score (nSPS) is 14.3. The number of rotatable bonds is 6. The van der Waals surface area contributed by atoms with E-state index in [1.807, 2.05) is 6.07 Å². The molecule has 2 heterocycles. The van der Waals surface area contributed by atoms with Gasteiger partial charge in [0.2, 0.25) is 5.95 Å². The average molecular weight is 404 g/mol. The number of carbonyl (C=O) groups is 1. The van der Waals surface area contributed by atoms with Gasteiger partial charge >= 0.3 is 0 Å². The predicted octanol–water partition coefficient (Wildman–Crippen LogP) is 3.37. The molecule has 0 spiro atoms. The van der Waals surface area contributed by atoms with Crippen LogP contribution in [0.5, 0.6) is 0 Å². The summed E-state index contributed by atoms with van der Waals surface area (Å²) in [4.78, 5) is 20.6. The minimum atomic E-state index is -0.902. The second-order valence-corrected chi connectivity index (χ2v) is 6.79. The van der Waals surface area contributed by atoms with Crippen molar-refractivity contribution in [3.05, 3.63) is 46.2 Å². The maximum atomic E-state index is 13.5. The smallest absolute Gasteiger partial charge is 0.254 e. The van der Waals surface area contributed by atoms with E-state index in [-0.39, 0.29) is 17.2 Å². The van der Waals surface area contributed by atoms with Crippen LogP contribution in [0.3, 0.4) is 0 Å². The Balaban J connectivity index is 1.69. The van der Waals surface area contributed by atoms with Crippen LogP contribution in [0.4, 0.5) is 16.0 Å². The number of aromatic nitrogens is 2. The van der Waals surface area contributed by atoms with Crippen molar-refractivity contribution in [2.24, 2.45) is 5.92 Å². The van der Waals surface area contributed by atoms with E-state index in [1.54, 1.807) is 12.1 Å². The van der Waals surface area contributed by atoms with Crippen LogP contribution in [0.25, 0.3) is 0 Å². The first kappa shape index (κ1) is 20.0. The van der Waals surface area contributed by atoms with E-state index >= 15 is 0 Å². The van der Waals surface area contributed by atoms with Crippen molar-refractivity contribution in [1.29, 1.82) is 5.26 Å². The number of nitrogens with zero attached hydrogens (tertiary/aromatic N) is 3. The van der Waals surface area contributed by atoms with Crippen LogP contribution in [-0.2, 0) is 11.4 Å². The molecule has 9 heteroatoms. The summed E-state index contributed by atoms with van der Waals surface area (Å²) in [6, 6.07) is 6.73. The first-order valence-corrected chi connectivity index (χ1v) is 9.23. The van der Waals surface area contributed by atoms with Crippen LogP contribution in [0.15, 0.2) is 24.4 Å². The summed E-state index contributed by atoms with van der Waals surface area (Å²) >= 11 is 5.91. The molecule has 2 N–H and O–H groups in total. The fourth-order valence-corrected chi connectivity index (χ4v) is 3.03. The second-order valence-electron chi connectivity index (χ2n) is 6.38. The lowest BCUT2D eigenvalue weighted by molar-refractivity contribution is 0.0642. The van der Waals surface area contributed by atoms with Crippen LogP contribution in [-0.4, -0.2) is 35.6 Å². The highest BCUT2D eigenvalue weighted by Crippen LogP contribution is 2.22. The van der Waals surface area contributed by atoms with E-state index in [9.17, 15) is 9.18 Å². The van der Waals surface area contributed by atoms with Gasteiger partial charge in [0.15, 0.2) is 0 Å². The lowest BCUT2D eigenvalue weighted by Gasteiger charge is -2.22. The van der Waals surface area contributed by atoms with E-state index in [0.717, 1.165) is 12.8 Å². The number of nitrogens with one attached hydrogen (secondary N) is 2. The third kappa shape index (κ3) is 4.94. The third-order valence-electron chi connectivity index (χ3n) is 4.47. The zero-order chi connectivity index (χ0) is 19.9. The number of carbonyl (C=O) groups excluding carboxylic acids is 1. The van der Waals surface area contributed by atoms with Crippen LogP contribution in [0.2, 0.25) is 5.02 Å². The van der Waals surface area contributed by atoms with Gasteiger partial charge in [0, 0.05) is 31.6 Å². The van der Waals surface area contributed by atoms with Gasteiger partial charge in [-0.1, -0.05) is 11.6 Å². The first-order chi connectivity index (χ1) is 13.6. The SMILES string of the molecule is N#Cc1cc(Nc2ncc(C(=O)NCC3CCOCC3)c(CF)n2)ccc1Cl. The van der Waals surface area contributed by atoms with Crippen LogP contribution >= 0.6 is 11.6 Å². The molecule has 1 amide bonds. The number of alkyl halides is 1. The molecule has 1 aromatic heterocycles. The van der Waals surface area contributed by atoms with Crippen molar-refractivity contribution in [1.82, 2.24) is 15.3 Å². The number of ether oxygens (including phenoxy) is 1. The fraction of sp³-hybridized carbons (Fsp3) is 0.368. The largest absolute Gasteiger partial charge is 0.381 e. The molecule has 1 saturated heterocycles. The summed E-state index contributed by atoms with van der Waals surface area (Å²) in [5.74, 6) is 0.0800. The van der Waals surface area contributed by atoms with Crippen LogP contribution in [0, 0.1) is 17.2 Å². The fourth-order valence-electron chi connectivity index (χ4n) is 2.87. The molecule has 1 aromatic carbocycles. The molecule has 1 aliphatic heterocycles. The molecule has 0 bridgehead atoms. The maximum Gasteiger partial charge on any atom is 0.254 e. The molecule has 146 valence electrons. The highest BCUT2D eigenvalue weighted by molar-refractivity contribution is 6.31. The van der Waals surface area contributed by atoms with E-state index in [1.165, 1.54) is 12.3 Å². The number of anilines is 2. The van der Waals surface area contributed by atoms with Crippen LogP contribution < -0.4 is 10.6 Å². The average Bonchev–Trinajstić information content (AvgIpc) is 2.74. The molecule has 0 aliphatic carbocycles. The molecule has 0 radical (unpaired) electrons. The minimum Gasteiger partial charge on any atom is -0.381 e. The highest BCUT2D eigenvalue weighted by atomic mass is 35.5. The Kier molecular flexibility index (Phi) is 6.74. The Morgan fingerprint density at radius 2 is 2.18 bits per heavy atom. The Bertz CT molecular complexity index is 896. The molecule has 0 atom stereocenters. The van der Waals surface area contributed by atoms with Gasteiger partial charge in [0.05, 0.1) is 21.8 Å². The molecule has 1 fully saturated rings. The zero-order valence-corrected chi connectivity index (χ0v) is 15.8. The maximum absolute atomic E-state index is 13.5. The lowest BCUT2D eigenvalue weighted by atomic mass is 10.0. The molecule has 3 rings (SSSR count). The summed E-state index contributed by atoms with van der Waals surface area (Å²) in [6.45, 7) is 0.993. The summed E-state index contributed by atoms with van der Waals surface area (Å²) in [5, 5.41) is 15.1. The topological polar surface area (TPSA) is 99.9 Å². The summed E-state index contributed by atoms with van der Waals surface area (Å²) in [7, 11) is 0. The van der Waals surface area contributed by atoms with Crippen LogP contribution in [0.1, 0.15) is 34.5 Å². The van der Waals surface area contributed by atoms with Gasteiger partial charge in [-0.05, 0) is 37.0 Å². The molecule has 0 unspecified atom stereocenters.